The lowest BCUT2D eigenvalue weighted by Crippen LogP contribution is -2.13. The van der Waals surface area contributed by atoms with Gasteiger partial charge in [0.1, 0.15) is 11.5 Å². The zero-order valence-electron chi connectivity index (χ0n) is 12.8. The molecule has 7 heteroatoms. The summed E-state index contributed by atoms with van der Waals surface area (Å²) in [5, 5.41) is 0.649. The lowest BCUT2D eigenvalue weighted by atomic mass is 10.3. The third kappa shape index (κ3) is 4.45. The standard InChI is InChI=1S/C18H13Cl2NO3S/c19-13-6-11-18(17(20)12-13)21-25(22,23)16-9-7-15(8-10-16)24-14-4-2-1-3-5-14/h1-12,21H. The first-order valence-corrected chi connectivity index (χ1v) is 9.49. The van der Waals surface area contributed by atoms with Crippen molar-refractivity contribution in [1.82, 2.24) is 0 Å². The fraction of sp³-hybridized carbons (Fsp3) is 0. The highest BCUT2D eigenvalue weighted by atomic mass is 35.5. The average Bonchev–Trinajstić information content (AvgIpc) is 2.59. The second-order valence-electron chi connectivity index (χ2n) is 5.12. The molecule has 4 nitrogen and oxygen atoms in total. The van der Waals surface area contributed by atoms with Crippen LogP contribution >= 0.6 is 23.2 Å². The average molecular weight is 394 g/mol. The molecule has 0 aromatic heterocycles. The van der Waals surface area contributed by atoms with Crippen LogP contribution < -0.4 is 9.46 Å². The molecule has 0 aliphatic heterocycles. The molecule has 0 aliphatic rings. The van der Waals surface area contributed by atoms with E-state index in [4.69, 9.17) is 27.9 Å². The van der Waals surface area contributed by atoms with Crippen LogP contribution in [0.2, 0.25) is 10.0 Å². The number of nitrogens with one attached hydrogen (secondary N) is 1. The van der Waals surface area contributed by atoms with Crippen LogP contribution in [0.15, 0.2) is 77.7 Å². The highest BCUT2D eigenvalue weighted by Gasteiger charge is 2.16. The summed E-state index contributed by atoms with van der Waals surface area (Å²) in [6.07, 6.45) is 0. The summed E-state index contributed by atoms with van der Waals surface area (Å²) >= 11 is 11.8. The van der Waals surface area contributed by atoms with E-state index in [9.17, 15) is 8.42 Å². The van der Waals surface area contributed by atoms with E-state index >= 15 is 0 Å². The number of para-hydroxylation sites is 1. The van der Waals surface area contributed by atoms with Gasteiger partial charge in [-0.3, -0.25) is 4.72 Å². The number of anilines is 1. The summed E-state index contributed by atoms with van der Waals surface area (Å²) in [7, 11) is -3.77. The Morgan fingerprint density at radius 3 is 2.08 bits per heavy atom. The summed E-state index contributed by atoms with van der Waals surface area (Å²) in [4.78, 5) is 0.0962. The lowest BCUT2D eigenvalue weighted by Gasteiger charge is -2.11. The molecule has 0 saturated heterocycles. The van der Waals surface area contributed by atoms with Gasteiger partial charge in [-0.25, -0.2) is 8.42 Å². The van der Waals surface area contributed by atoms with Crippen LogP contribution in [0.4, 0.5) is 5.69 Å². The Morgan fingerprint density at radius 2 is 1.44 bits per heavy atom. The van der Waals surface area contributed by atoms with Gasteiger partial charge in [0.25, 0.3) is 10.0 Å². The molecule has 0 bridgehead atoms. The first kappa shape index (κ1) is 17.6. The Hall–Kier alpha value is -2.21. The Bertz CT molecular complexity index is 975. The minimum Gasteiger partial charge on any atom is -0.457 e. The molecule has 25 heavy (non-hydrogen) atoms. The van der Waals surface area contributed by atoms with Crippen LogP contribution in [-0.4, -0.2) is 8.42 Å². The van der Waals surface area contributed by atoms with E-state index in [2.05, 4.69) is 4.72 Å². The van der Waals surface area contributed by atoms with Gasteiger partial charge in [-0.05, 0) is 54.6 Å². The van der Waals surface area contributed by atoms with Crippen molar-refractivity contribution < 1.29 is 13.2 Å². The monoisotopic (exact) mass is 393 g/mol. The minimum absolute atomic E-state index is 0.0962. The van der Waals surface area contributed by atoms with Crippen molar-refractivity contribution in [3.63, 3.8) is 0 Å². The molecule has 3 aromatic rings. The van der Waals surface area contributed by atoms with Crippen molar-refractivity contribution in [3.05, 3.63) is 82.8 Å². The molecule has 3 rings (SSSR count). The van der Waals surface area contributed by atoms with Gasteiger partial charge in [0.05, 0.1) is 15.6 Å². The molecule has 0 aliphatic carbocycles. The number of halogens is 2. The molecule has 3 aromatic carbocycles. The molecule has 0 amide bonds. The van der Waals surface area contributed by atoms with Crippen molar-refractivity contribution >= 4 is 38.9 Å². The van der Waals surface area contributed by atoms with Crippen LogP contribution in [0.5, 0.6) is 11.5 Å². The maximum atomic E-state index is 12.5. The normalized spacial score (nSPS) is 11.1. The Labute approximate surface area is 156 Å². The molecule has 0 radical (unpaired) electrons. The Morgan fingerprint density at radius 1 is 0.800 bits per heavy atom. The smallest absolute Gasteiger partial charge is 0.261 e. The zero-order chi connectivity index (χ0) is 17.9. The highest BCUT2D eigenvalue weighted by Crippen LogP contribution is 2.28. The number of hydrogen-bond donors (Lipinski definition) is 1. The van der Waals surface area contributed by atoms with E-state index < -0.39 is 10.0 Å². The summed E-state index contributed by atoms with van der Waals surface area (Å²) in [5.74, 6) is 1.21. The van der Waals surface area contributed by atoms with E-state index in [1.165, 1.54) is 24.3 Å². The van der Waals surface area contributed by atoms with E-state index in [1.54, 1.807) is 18.2 Å². The maximum absolute atomic E-state index is 12.5. The van der Waals surface area contributed by atoms with Gasteiger partial charge in [0.15, 0.2) is 0 Å². The van der Waals surface area contributed by atoms with Crippen LogP contribution in [0.3, 0.4) is 0 Å². The maximum Gasteiger partial charge on any atom is 0.261 e. The van der Waals surface area contributed by atoms with Crippen LogP contribution in [0.25, 0.3) is 0 Å². The van der Waals surface area contributed by atoms with Crippen molar-refractivity contribution in [2.24, 2.45) is 0 Å². The van der Waals surface area contributed by atoms with Gasteiger partial charge in [0, 0.05) is 5.02 Å². The highest BCUT2D eigenvalue weighted by molar-refractivity contribution is 7.92. The largest absolute Gasteiger partial charge is 0.457 e. The fourth-order valence-corrected chi connectivity index (χ4v) is 3.68. The summed E-state index contributed by atoms with van der Waals surface area (Å²) in [6.45, 7) is 0. The molecular weight excluding hydrogens is 381 g/mol. The Kier molecular flexibility index (Phi) is 5.18. The summed E-state index contributed by atoms with van der Waals surface area (Å²) in [6, 6.07) is 19.9. The second kappa shape index (κ2) is 7.35. The van der Waals surface area contributed by atoms with Gasteiger partial charge in [0.2, 0.25) is 0 Å². The molecule has 1 N–H and O–H groups in total. The Balaban J connectivity index is 1.78. The van der Waals surface area contributed by atoms with E-state index in [0.717, 1.165) is 0 Å². The predicted octanol–water partition coefficient (Wildman–Crippen LogP) is 5.59. The zero-order valence-corrected chi connectivity index (χ0v) is 15.1. The molecule has 0 unspecified atom stereocenters. The van der Waals surface area contributed by atoms with Crippen LogP contribution in [0, 0.1) is 0 Å². The SMILES string of the molecule is O=S(=O)(Nc1ccc(Cl)cc1Cl)c1ccc(Oc2ccccc2)cc1. The van der Waals surface area contributed by atoms with Crippen LogP contribution in [0.1, 0.15) is 0 Å². The minimum atomic E-state index is -3.77. The van der Waals surface area contributed by atoms with E-state index in [0.29, 0.717) is 16.5 Å². The second-order valence-corrected chi connectivity index (χ2v) is 7.64. The lowest BCUT2D eigenvalue weighted by molar-refractivity contribution is 0.482. The number of benzene rings is 3. The number of sulfonamides is 1. The van der Waals surface area contributed by atoms with Crippen LogP contribution in [-0.2, 0) is 10.0 Å². The molecule has 0 heterocycles. The molecule has 0 spiro atoms. The van der Waals surface area contributed by atoms with E-state index in [1.807, 2.05) is 30.3 Å². The first-order chi connectivity index (χ1) is 11.9. The molecular formula is C18H13Cl2NO3S. The number of hydrogen-bond acceptors (Lipinski definition) is 3. The van der Waals surface area contributed by atoms with Gasteiger partial charge >= 0.3 is 0 Å². The summed E-state index contributed by atoms with van der Waals surface area (Å²) in [5.41, 5.74) is 0.260. The van der Waals surface area contributed by atoms with Gasteiger partial charge in [-0.1, -0.05) is 41.4 Å². The third-order valence-corrected chi connectivity index (χ3v) is 5.22. The number of ether oxygens (including phenoxy) is 1. The van der Waals surface area contributed by atoms with Gasteiger partial charge < -0.3 is 4.74 Å². The summed E-state index contributed by atoms with van der Waals surface area (Å²) < 4.78 is 33.0. The topological polar surface area (TPSA) is 55.4 Å². The third-order valence-electron chi connectivity index (χ3n) is 3.29. The molecule has 128 valence electrons. The molecule has 0 fully saturated rings. The van der Waals surface area contributed by atoms with Crippen molar-refractivity contribution in [2.75, 3.05) is 4.72 Å². The van der Waals surface area contributed by atoms with Gasteiger partial charge in [-0.15, -0.1) is 0 Å². The van der Waals surface area contributed by atoms with Gasteiger partial charge in [-0.2, -0.15) is 0 Å². The quantitative estimate of drug-likeness (QED) is 0.614. The van der Waals surface area contributed by atoms with Crippen molar-refractivity contribution in [1.29, 1.82) is 0 Å². The van der Waals surface area contributed by atoms with E-state index in [-0.39, 0.29) is 15.6 Å². The molecule has 0 atom stereocenters. The molecule has 0 saturated carbocycles. The first-order valence-electron chi connectivity index (χ1n) is 7.25. The predicted molar refractivity (Wildman–Crippen MR) is 100 cm³/mol. The van der Waals surface area contributed by atoms with Crippen molar-refractivity contribution in [2.45, 2.75) is 4.90 Å². The number of rotatable bonds is 5. The van der Waals surface area contributed by atoms with Crippen molar-refractivity contribution in [3.8, 4) is 11.5 Å². The fourth-order valence-electron chi connectivity index (χ4n) is 2.09.